The van der Waals surface area contributed by atoms with Gasteiger partial charge in [-0.1, -0.05) is 35.1 Å². The number of pyridine rings is 2. The number of carbonyl (C=O) groups excluding carboxylic acids is 2. The third-order valence-corrected chi connectivity index (χ3v) is 10.0. The lowest BCUT2D eigenvalue weighted by Gasteiger charge is -2.07. The molecule has 0 unspecified atom stereocenters. The van der Waals surface area contributed by atoms with Crippen molar-refractivity contribution in [3.63, 3.8) is 0 Å². The average Bonchev–Trinajstić information content (AvgIpc) is 3.67. The van der Waals surface area contributed by atoms with Gasteiger partial charge in [-0.05, 0) is 73.2 Å². The van der Waals surface area contributed by atoms with E-state index in [0.717, 1.165) is 41.5 Å². The molecule has 0 atom stereocenters. The van der Waals surface area contributed by atoms with Gasteiger partial charge in [0.05, 0.1) is 20.4 Å². The van der Waals surface area contributed by atoms with Gasteiger partial charge >= 0.3 is 0 Å². The number of benzene rings is 2. The second kappa shape index (κ2) is 16.4. The van der Waals surface area contributed by atoms with Crippen LogP contribution in [0.2, 0.25) is 5.02 Å². The fraction of sp³-hybridized carbons (Fsp3) is 0.133. The molecule has 0 saturated carbocycles. The Bertz CT molecular complexity index is 1930. The Morgan fingerprint density at radius 1 is 0.733 bits per heavy atom. The van der Waals surface area contributed by atoms with Crippen molar-refractivity contribution in [3.8, 4) is 0 Å². The number of thioether (sulfide) groups is 2. The van der Waals surface area contributed by atoms with Crippen molar-refractivity contribution in [3.05, 3.63) is 89.5 Å². The first-order valence-corrected chi connectivity index (χ1v) is 17.6. The van der Waals surface area contributed by atoms with Crippen molar-refractivity contribution in [1.82, 2.24) is 30.6 Å². The van der Waals surface area contributed by atoms with Crippen molar-refractivity contribution in [1.29, 1.82) is 0 Å². The summed E-state index contributed by atoms with van der Waals surface area (Å²) in [4.78, 5) is 39.3. The van der Waals surface area contributed by atoms with E-state index < -0.39 is 0 Å². The topological polar surface area (TPSA) is 148 Å². The SMILES string of the molecule is CNC(=O)c1cc(Cl)ccn1.CNC(=O)c1cc(Nc2ccc3nc(SC)sc3c2)ccn1.CSc1nc2ccc(N)cc2s1. The largest absolute Gasteiger partial charge is 0.399 e. The molecule has 2 amide bonds. The number of aromatic nitrogens is 4. The summed E-state index contributed by atoms with van der Waals surface area (Å²) in [5, 5.41) is 8.82. The number of anilines is 3. The van der Waals surface area contributed by atoms with E-state index in [0.29, 0.717) is 16.4 Å². The van der Waals surface area contributed by atoms with Gasteiger partial charge in [0.1, 0.15) is 11.4 Å². The standard InChI is InChI=1S/C15H14N4OS2.C8H8N2S2.C7H7ClN2O/c1-16-14(20)12-7-10(5-6-17-12)18-9-3-4-11-13(8-9)22-15(19-11)21-2;1-11-8-10-6-3-2-5(9)4-7(6)12-8;1-9-7(11)6-4-5(8)2-3-10-6/h3-8H,1-2H3,(H,16,20)(H,17,18);2-4H,9H2,1H3;2-4H,1H3,(H,9,11). The predicted octanol–water partition coefficient (Wildman–Crippen LogP) is 7.21. The van der Waals surface area contributed by atoms with E-state index in [1.165, 1.54) is 17.0 Å². The Kier molecular flexibility index (Phi) is 12.4. The molecule has 15 heteroatoms. The fourth-order valence-electron chi connectivity index (χ4n) is 3.66. The van der Waals surface area contributed by atoms with Gasteiger partial charge in [0.25, 0.3) is 11.8 Å². The van der Waals surface area contributed by atoms with Gasteiger partial charge in [-0.3, -0.25) is 19.6 Å². The van der Waals surface area contributed by atoms with Crippen molar-refractivity contribution < 1.29 is 9.59 Å². The van der Waals surface area contributed by atoms with Gasteiger partial charge in [0.2, 0.25) is 0 Å². The molecule has 4 aromatic heterocycles. The summed E-state index contributed by atoms with van der Waals surface area (Å²) in [6.45, 7) is 0. The minimum atomic E-state index is -0.229. The maximum absolute atomic E-state index is 11.6. The van der Waals surface area contributed by atoms with E-state index in [1.54, 1.807) is 78.6 Å². The number of nitrogens with zero attached hydrogens (tertiary/aromatic N) is 4. The highest BCUT2D eigenvalue weighted by atomic mass is 35.5. The molecule has 0 spiro atoms. The van der Waals surface area contributed by atoms with Gasteiger partial charge in [-0.15, -0.1) is 22.7 Å². The number of nitrogen functional groups attached to an aromatic ring is 1. The highest BCUT2D eigenvalue weighted by molar-refractivity contribution is 8.00. The fourth-order valence-corrected chi connectivity index (χ4v) is 6.89. The zero-order valence-corrected chi connectivity index (χ0v) is 28.6. The van der Waals surface area contributed by atoms with Crippen LogP contribution in [0, 0.1) is 0 Å². The summed E-state index contributed by atoms with van der Waals surface area (Å²) < 4.78 is 4.45. The average molecular weight is 697 g/mol. The highest BCUT2D eigenvalue weighted by Gasteiger charge is 2.08. The van der Waals surface area contributed by atoms with Gasteiger partial charge < -0.3 is 21.7 Å². The lowest BCUT2D eigenvalue weighted by molar-refractivity contribution is 0.0950. The number of thiazole rings is 2. The van der Waals surface area contributed by atoms with Crippen molar-refractivity contribution in [2.24, 2.45) is 0 Å². The number of fused-ring (bicyclic) bond motifs is 2. The lowest BCUT2D eigenvalue weighted by Crippen LogP contribution is -2.19. The van der Waals surface area contributed by atoms with Crippen LogP contribution in [0.15, 0.2) is 81.7 Å². The zero-order valence-electron chi connectivity index (χ0n) is 24.6. The second-order valence-corrected chi connectivity index (χ2v) is 13.5. The first-order chi connectivity index (χ1) is 21.7. The smallest absolute Gasteiger partial charge is 0.269 e. The second-order valence-electron chi connectivity index (χ2n) is 8.85. The molecule has 0 fully saturated rings. The summed E-state index contributed by atoms with van der Waals surface area (Å²) in [5.74, 6) is -0.432. The maximum Gasteiger partial charge on any atom is 0.269 e. The van der Waals surface area contributed by atoms with Crippen molar-refractivity contribution in [2.45, 2.75) is 8.68 Å². The van der Waals surface area contributed by atoms with E-state index in [4.69, 9.17) is 17.3 Å². The molecular weight excluding hydrogens is 668 g/mol. The van der Waals surface area contributed by atoms with Crippen LogP contribution < -0.4 is 21.7 Å². The first-order valence-electron chi connectivity index (χ1n) is 13.2. The molecule has 10 nitrogen and oxygen atoms in total. The molecule has 0 aliphatic rings. The van der Waals surface area contributed by atoms with Crippen LogP contribution in [-0.2, 0) is 0 Å². The van der Waals surface area contributed by atoms with E-state index in [-0.39, 0.29) is 11.8 Å². The Balaban J connectivity index is 0.000000169. The Hall–Kier alpha value is -3.95. The minimum absolute atomic E-state index is 0.203. The Morgan fingerprint density at radius 3 is 1.84 bits per heavy atom. The van der Waals surface area contributed by atoms with E-state index in [2.05, 4.69) is 42.0 Å². The molecule has 4 heterocycles. The molecule has 6 aromatic rings. The third-order valence-electron chi connectivity index (χ3n) is 5.80. The summed E-state index contributed by atoms with van der Waals surface area (Å²) in [6.07, 6.45) is 7.16. The van der Waals surface area contributed by atoms with Gasteiger partial charge in [-0.25, -0.2) is 9.97 Å². The van der Waals surface area contributed by atoms with E-state index in [9.17, 15) is 9.59 Å². The highest BCUT2D eigenvalue weighted by Crippen LogP contribution is 2.31. The molecular formula is C30H29ClN8O2S4. The number of hydrogen-bond donors (Lipinski definition) is 4. The molecule has 45 heavy (non-hydrogen) atoms. The van der Waals surface area contributed by atoms with E-state index >= 15 is 0 Å². The number of rotatable bonds is 6. The van der Waals surface area contributed by atoms with Gasteiger partial charge in [0.15, 0.2) is 8.68 Å². The number of halogens is 1. The van der Waals surface area contributed by atoms with Crippen molar-refractivity contribution in [2.75, 3.05) is 37.7 Å². The summed E-state index contributed by atoms with van der Waals surface area (Å²) in [7, 11) is 3.14. The maximum atomic E-state index is 11.6. The molecule has 2 aromatic carbocycles. The number of nitrogens with two attached hydrogens (primary N) is 1. The molecule has 232 valence electrons. The molecule has 0 aliphatic heterocycles. The zero-order chi connectivity index (χ0) is 32.3. The molecule has 0 aliphatic carbocycles. The van der Waals surface area contributed by atoms with Crippen LogP contribution in [0.3, 0.4) is 0 Å². The summed E-state index contributed by atoms with van der Waals surface area (Å²) >= 11 is 12.3. The first kappa shape index (κ1) is 33.9. The third kappa shape index (κ3) is 9.52. The summed E-state index contributed by atoms with van der Waals surface area (Å²) in [5.41, 5.74) is 11.0. The Labute approximate surface area is 281 Å². The number of hydrogen-bond acceptors (Lipinski definition) is 12. The minimum Gasteiger partial charge on any atom is -0.399 e. The predicted molar refractivity (Wildman–Crippen MR) is 191 cm³/mol. The van der Waals surface area contributed by atoms with Crippen molar-refractivity contribution >= 4 is 107 Å². The monoisotopic (exact) mass is 696 g/mol. The van der Waals surface area contributed by atoms with Gasteiger partial charge in [-0.2, -0.15) is 0 Å². The molecule has 0 radical (unpaired) electrons. The summed E-state index contributed by atoms with van der Waals surface area (Å²) in [6, 6.07) is 18.5. The van der Waals surface area contributed by atoms with E-state index in [1.807, 2.05) is 48.9 Å². The molecule has 0 saturated heterocycles. The quantitative estimate of drug-likeness (QED) is 0.104. The Morgan fingerprint density at radius 2 is 1.27 bits per heavy atom. The van der Waals surface area contributed by atoms with Crippen LogP contribution in [0.1, 0.15) is 21.0 Å². The van der Waals surface area contributed by atoms with Gasteiger partial charge in [0, 0.05) is 48.6 Å². The number of amides is 2. The van der Waals surface area contributed by atoms with Crippen LogP contribution in [-0.4, -0.2) is 58.4 Å². The lowest BCUT2D eigenvalue weighted by atomic mass is 10.2. The number of nitrogens with one attached hydrogen (secondary N) is 3. The van der Waals surface area contributed by atoms with Crippen LogP contribution in [0.25, 0.3) is 20.4 Å². The molecule has 0 bridgehead atoms. The number of carbonyl (C=O) groups is 2. The van der Waals surface area contributed by atoms with Crippen LogP contribution in [0.4, 0.5) is 17.1 Å². The van der Waals surface area contributed by atoms with Crippen LogP contribution in [0.5, 0.6) is 0 Å². The van der Waals surface area contributed by atoms with Crippen LogP contribution >= 0.6 is 57.8 Å². The molecule has 6 rings (SSSR count). The molecule has 5 N–H and O–H groups in total. The normalized spacial score (nSPS) is 10.3.